The molecule has 2 aliphatic rings. The molecule has 2 nitrogen and oxygen atoms in total. The molecule has 4 aromatic rings. The predicted molar refractivity (Wildman–Crippen MR) is 111 cm³/mol. The van der Waals surface area contributed by atoms with Gasteiger partial charge in [-0.1, -0.05) is 72.8 Å². The van der Waals surface area contributed by atoms with E-state index in [1.807, 2.05) is 12.1 Å². The molecular weight excluding hydrogens is 344 g/mol. The highest BCUT2D eigenvalue weighted by Crippen LogP contribution is 2.46. The second-order valence-corrected chi connectivity index (χ2v) is 7.91. The van der Waals surface area contributed by atoms with Crippen molar-refractivity contribution in [1.29, 1.82) is 0 Å². The summed E-state index contributed by atoms with van der Waals surface area (Å²) in [7, 11) is 0. The molecular formula is C26H18O2. The number of hydrogen-bond donors (Lipinski definition) is 0. The summed E-state index contributed by atoms with van der Waals surface area (Å²) >= 11 is 0. The van der Waals surface area contributed by atoms with E-state index in [4.69, 9.17) is 0 Å². The summed E-state index contributed by atoms with van der Waals surface area (Å²) in [6, 6.07) is 24.3. The van der Waals surface area contributed by atoms with Gasteiger partial charge in [0.2, 0.25) is 0 Å². The maximum absolute atomic E-state index is 13.4. The molecule has 2 unspecified atom stereocenters. The minimum absolute atomic E-state index is 0.0984. The number of aryl methyl sites for hydroxylation is 1. The van der Waals surface area contributed by atoms with Crippen molar-refractivity contribution in [1.82, 2.24) is 0 Å². The third kappa shape index (κ3) is 1.98. The van der Waals surface area contributed by atoms with Gasteiger partial charge in [0.05, 0.1) is 5.92 Å². The van der Waals surface area contributed by atoms with Gasteiger partial charge in [-0.25, -0.2) is 0 Å². The van der Waals surface area contributed by atoms with Crippen LogP contribution in [0.25, 0.3) is 21.5 Å². The SMILES string of the molecule is O=C1c2ccccc2C(=O)C2c3ccc4c(ccc5ccccc54)c3CCC12. The quantitative estimate of drug-likeness (QED) is 0.375. The maximum Gasteiger partial charge on any atom is 0.171 e. The molecule has 0 radical (unpaired) electrons. The molecule has 4 aromatic carbocycles. The smallest absolute Gasteiger partial charge is 0.171 e. The van der Waals surface area contributed by atoms with E-state index in [1.165, 1.54) is 27.1 Å². The van der Waals surface area contributed by atoms with Gasteiger partial charge >= 0.3 is 0 Å². The van der Waals surface area contributed by atoms with Crippen LogP contribution in [-0.2, 0) is 6.42 Å². The molecule has 0 saturated carbocycles. The van der Waals surface area contributed by atoms with Crippen LogP contribution in [0.5, 0.6) is 0 Å². The van der Waals surface area contributed by atoms with E-state index < -0.39 is 0 Å². The molecule has 28 heavy (non-hydrogen) atoms. The molecule has 2 atom stereocenters. The van der Waals surface area contributed by atoms with Crippen LogP contribution in [0.2, 0.25) is 0 Å². The van der Waals surface area contributed by atoms with E-state index in [0.717, 1.165) is 18.4 Å². The molecule has 2 aliphatic carbocycles. The van der Waals surface area contributed by atoms with Gasteiger partial charge in [0, 0.05) is 17.0 Å². The van der Waals surface area contributed by atoms with Gasteiger partial charge in [-0.3, -0.25) is 9.59 Å². The molecule has 0 spiro atoms. The first-order chi connectivity index (χ1) is 13.7. The summed E-state index contributed by atoms with van der Waals surface area (Å²) in [5.74, 6) is -0.347. The fourth-order valence-electron chi connectivity index (χ4n) is 5.31. The zero-order valence-electron chi connectivity index (χ0n) is 15.3. The van der Waals surface area contributed by atoms with Gasteiger partial charge in [0.1, 0.15) is 0 Å². The lowest BCUT2D eigenvalue weighted by molar-refractivity contribution is 0.0775. The van der Waals surface area contributed by atoms with E-state index >= 15 is 0 Å². The van der Waals surface area contributed by atoms with Crippen molar-refractivity contribution in [2.75, 3.05) is 0 Å². The molecule has 0 heterocycles. The van der Waals surface area contributed by atoms with Gasteiger partial charge in [-0.2, -0.15) is 0 Å². The molecule has 0 N–H and O–H groups in total. The number of benzene rings is 4. The lowest BCUT2D eigenvalue weighted by atomic mass is 9.64. The van der Waals surface area contributed by atoms with Crippen molar-refractivity contribution in [2.45, 2.75) is 18.8 Å². The standard InChI is InChI=1S/C26H18O2/c27-25-21-7-3-4-8-22(21)26(28)24-20-13-11-17-16-6-2-1-5-15(16)9-10-18(17)19(20)12-14-23(24)25/h1-11,13,23-24H,12,14H2. The van der Waals surface area contributed by atoms with Crippen molar-refractivity contribution in [3.8, 4) is 0 Å². The minimum atomic E-state index is -0.345. The summed E-state index contributed by atoms with van der Waals surface area (Å²) in [6.07, 6.45) is 1.58. The van der Waals surface area contributed by atoms with Crippen LogP contribution in [0.15, 0.2) is 72.8 Å². The molecule has 134 valence electrons. The van der Waals surface area contributed by atoms with Gasteiger partial charge in [-0.15, -0.1) is 0 Å². The van der Waals surface area contributed by atoms with E-state index in [0.29, 0.717) is 11.1 Å². The molecule has 0 aliphatic heterocycles. The summed E-state index contributed by atoms with van der Waals surface area (Å²) < 4.78 is 0. The maximum atomic E-state index is 13.4. The number of carbonyl (C=O) groups excluding carboxylic acids is 2. The molecule has 0 aromatic heterocycles. The normalized spacial score (nSPS) is 20.7. The van der Waals surface area contributed by atoms with E-state index in [1.54, 1.807) is 12.1 Å². The third-order valence-corrected chi connectivity index (χ3v) is 6.59. The van der Waals surface area contributed by atoms with Gasteiger partial charge < -0.3 is 0 Å². The van der Waals surface area contributed by atoms with Crippen molar-refractivity contribution < 1.29 is 9.59 Å². The summed E-state index contributed by atoms with van der Waals surface area (Å²) in [4.78, 5) is 26.4. The first-order valence-electron chi connectivity index (χ1n) is 9.85. The fraction of sp³-hybridized carbons (Fsp3) is 0.154. The fourth-order valence-corrected chi connectivity index (χ4v) is 5.31. The Bertz CT molecular complexity index is 1310. The second kappa shape index (κ2) is 5.62. The molecule has 0 amide bonds. The average Bonchev–Trinajstić information content (AvgIpc) is 2.76. The Balaban J connectivity index is 1.61. The van der Waals surface area contributed by atoms with Crippen LogP contribution < -0.4 is 0 Å². The van der Waals surface area contributed by atoms with E-state index in [2.05, 4.69) is 48.5 Å². The van der Waals surface area contributed by atoms with Gasteiger partial charge in [0.15, 0.2) is 11.6 Å². The van der Waals surface area contributed by atoms with Crippen LogP contribution in [-0.4, -0.2) is 11.6 Å². The van der Waals surface area contributed by atoms with Gasteiger partial charge in [-0.05, 0) is 45.5 Å². The molecule has 6 rings (SSSR count). The monoisotopic (exact) mass is 362 g/mol. The summed E-state index contributed by atoms with van der Waals surface area (Å²) in [5, 5.41) is 4.90. The van der Waals surface area contributed by atoms with E-state index in [-0.39, 0.29) is 23.4 Å². The van der Waals surface area contributed by atoms with Crippen molar-refractivity contribution in [3.63, 3.8) is 0 Å². The Labute approximate surface area is 162 Å². The van der Waals surface area contributed by atoms with Crippen LogP contribution in [0, 0.1) is 5.92 Å². The Morgan fingerprint density at radius 2 is 1.36 bits per heavy atom. The second-order valence-electron chi connectivity index (χ2n) is 7.91. The van der Waals surface area contributed by atoms with E-state index in [9.17, 15) is 9.59 Å². The Morgan fingerprint density at radius 3 is 2.21 bits per heavy atom. The Hall–Kier alpha value is -3.26. The zero-order valence-corrected chi connectivity index (χ0v) is 15.3. The van der Waals surface area contributed by atoms with Crippen LogP contribution in [0.1, 0.15) is 44.2 Å². The highest BCUT2D eigenvalue weighted by molar-refractivity contribution is 6.19. The largest absolute Gasteiger partial charge is 0.294 e. The molecule has 0 saturated heterocycles. The first-order valence-corrected chi connectivity index (χ1v) is 9.85. The Kier molecular flexibility index (Phi) is 3.16. The Morgan fingerprint density at radius 1 is 0.643 bits per heavy atom. The topological polar surface area (TPSA) is 34.1 Å². The zero-order chi connectivity index (χ0) is 18.8. The number of carbonyl (C=O) groups is 2. The number of rotatable bonds is 0. The number of hydrogen-bond acceptors (Lipinski definition) is 2. The highest BCUT2D eigenvalue weighted by atomic mass is 16.1. The van der Waals surface area contributed by atoms with Crippen molar-refractivity contribution in [2.24, 2.45) is 5.92 Å². The lowest BCUT2D eigenvalue weighted by Gasteiger charge is -2.36. The van der Waals surface area contributed by atoms with Crippen molar-refractivity contribution in [3.05, 3.63) is 95.1 Å². The predicted octanol–water partition coefficient (Wildman–Crippen LogP) is 5.72. The average molecular weight is 362 g/mol. The summed E-state index contributed by atoms with van der Waals surface area (Å²) in [6.45, 7) is 0. The van der Waals surface area contributed by atoms with Crippen LogP contribution in [0.3, 0.4) is 0 Å². The summed E-state index contributed by atoms with van der Waals surface area (Å²) in [5.41, 5.74) is 3.47. The van der Waals surface area contributed by atoms with Crippen LogP contribution in [0.4, 0.5) is 0 Å². The number of ketones is 2. The highest BCUT2D eigenvalue weighted by Gasteiger charge is 2.44. The van der Waals surface area contributed by atoms with Crippen LogP contribution >= 0.6 is 0 Å². The minimum Gasteiger partial charge on any atom is -0.294 e. The number of fused-ring (bicyclic) bond motifs is 8. The van der Waals surface area contributed by atoms with Crippen molar-refractivity contribution >= 4 is 33.1 Å². The number of Topliss-reactive ketones (excluding diaryl/α,β-unsaturated/α-hetero) is 2. The van der Waals surface area contributed by atoms with Gasteiger partial charge in [0.25, 0.3) is 0 Å². The lowest BCUT2D eigenvalue weighted by Crippen LogP contribution is -2.38. The molecule has 2 heteroatoms. The first kappa shape index (κ1) is 15.8. The third-order valence-electron chi connectivity index (χ3n) is 6.59. The molecule has 0 bridgehead atoms. The molecule has 0 fully saturated rings.